The standard InChI is InChI=1S/C14H19ClN2O2/c1-8-4-9(2)17(7-8)13-11(14(18)19-3)5-10(16)6-12(13)15/h5-6,8-9H,4,7,16H2,1-3H3. The fourth-order valence-electron chi connectivity index (χ4n) is 2.79. The van der Waals surface area contributed by atoms with Crippen LogP contribution in [0.5, 0.6) is 0 Å². The van der Waals surface area contributed by atoms with Crippen LogP contribution in [-0.2, 0) is 4.74 Å². The lowest BCUT2D eigenvalue weighted by molar-refractivity contribution is 0.0601. The number of methoxy groups -OCH3 is 1. The van der Waals surface area contributed by atoms with Gasteiger partial charge in [-0.25, -0.2) is 4.79 Å². The van der Waals surface area contributed by atoms with Gasteiger partial charge in [0.05, 0.1) is 23.4 Å². The first-order valence-electron chi connectivity index (χ1n) is 6.38. The second-order valence-corrected chi connectivity index (χ2v) is 5.64. The quantitative estimate of drug-likeness (QED) is 0.669. The summed E-state index contributed by atoms with van der Waals surface area (Å²) in [5, 5.41) is 0.501. The molecule has 1 aliphatic heterocycles. The van der Waals surface area contributed by atoms with Crippen LogP contribution in [0.25, 0.3) is 0 Å². The first-order valence-corrected chi connectivity index (χ1v) is 6.75. The summed E-state index contributed by atoms with van der Waals surface area (Å²) in [4.78, 5) is 14.1. The number of ether oxygens (including phenoxy) is 1. The smallest absolute Gasteiger partial charge is 0.340 e. The van der Waals surface area contributed by atoms with Gasteiger partial charge in [-0.2, -0.15) is 0 Å². The van der Waals surface area contributed by atoms with Gasteiger partial charge in [-0.15, -0.1) is 0 Å². The summed E-state index contributed by atoms with van der Waals surface area (Å²) in [6.45, 7) is 5.21. The zero-order chi connectivity index (χ0) is 14.2. The highest BCUT2D eigenvalue weighted by molar-refractivity contribution is 6.34. The number of nitrogens with two attached hydrogens (primary N) is 1. The van der Waals surface area contributed by atoms with Gasteiger partial charge in [-0.05, 0) is 31.4 Å². The Morgan fingerprint density at radius 3 is 2.68 bits per heavy atom. The van der Waals surface area contributed by atoms with Gasteiger partial charge < -0.3 is 15.4 Å². The van der Waals surface area contributed by atoms with Crippen molar-refractivity contribution in [3.05, 3.63) is 22.7 Å². The third-order valence-corrected chi connectivity index (χ3v) is 3.85. The molecule has 0 bridgehead atoms. The van der Waals surface area contributed by atoms with E-state index in [-0.39, 0.29) is 0 Å². The first kappa shape index (κ1) is 14.0. The number of nitrogen functional groups attached to an aromatic ring is 1. The van der Waals surface area contributed by atoms with Gasteiger partial charge in [0.2, 0.25) is 0 Å². The van der Waals surface area contributed by atoms with Crippen LogP contribution >= 0.6 is 11.6 Å². The number of anilines is 2. The van der Waals surface area contributed by atoms with Crippen molar-refractivity contribution in [3.8, 4) is 0 Å². The number of hydrogen-bond acceptors (Lipinski definition) is 4. The summed E-state index contributed by atoms with van der Waals surface area (Å²) < 4.78 is 4.83. The fraction of sp³-hybridized carbons (Fsp3) is 0.500. The van der Waals surface area contributed by atoms with Gasteiger partial charge in [0.1, 0.15) is 0 Å². The largest absolute Gasteiger partial charge is 0.465 e. The van der Waals surface area contributed by atoms with E-state index in [0.29, 0.717) is 28.2 Å². The average molecular weight is 283 g/mol. The third-order valence-electron chi connectivity index (χ3n) is 3.56. The summed E-state index contributed by atoms with van der Waals surface area (Å²) >= 11 is 6.30. The van der Waals surface area contributed by atoms with Crippen molar-refractivity contribution in [1.82, 2.24) is 0 Å². The van der Waals surface area contributed by atoms with Crippen molar-refractivity contribution >= 4 is 28.9 Å². The maximum atomic E-state index is 11.9. The van der Waals surface area contributed by atoms with Crippen LogP contribution < -0.4 is 10.6 Å². The van der Waals surface area contributed by atoms with E-state index in [1.165, 1.54) is 7.11 Å². The van der Waals surface area contributed by atoms with Crippen LogP contribution in [0.15, 0.2) is 12.1 Å². The summed E-state index contributed by atoms with van der Waals surface area (Å²) in [7, 11) is 1.36. The molecule has 1 aromatic rings. The summed E-state index contributed by atoms with van der Waals surface area (Å²) in [6, 6.07) is 3.65. The normalized spacial score (nSPS) is 22.6. The topological polar surface area (TPSA) is 55.6 Å². The molecule has 0 aromatic heterocycles. The van der Waals surface area contributed by atoms with E-state index < -0.39 is 5.97 Å². The molecule has 2 atom stereocenters. The maximum Gasteiger partial charge on any atom is 0.340 e. The van der Waals surface area contributed by atoms with E-state index in [4.69, 9.17) is 22.1 Å². The highest BCUT2D eigenvalue weighted by Gasteiger charge is 2.31. The Morgan fingerprint density at radius 1 is 1.47 bits per heavy atom. The molecular formula is C14H19ClN2O2. The highest BCUT2D eigenvalue weighted by atomic mass is 35.5. The molecule has 0 saturated carbocycles. The molecule has 1 aliphatic rings. The van der Waals surface area contributed by atoms with Crippen LogP contribution in [0.4, 0.5) is 11.4 Å². The van der Waals surface area contributed by atoms with Crippen LogP contribution in [0.1, 0.15) is 30.6 Å². The minimum Gasteiger partial charge on any atom is -0.465 e. The Balaban J connectivity index is 2.52. The maximum absolute atomic E-state index is 11.9. The van der Waals surface area contributed by atoms with Crippen LogP contribution in [-0.4, -0.2) is 25.7 Å². The zero-order valence-electron chi connectivity index (χ0n) is 11.4. The van der Waals surface area contributed by atoms with Crippen molar-refractivity contribution in [2.24, 2.45) is 5.92 Å². The van der Waals surface area contributed by atoms with Crippen molar-refractivity contribution in [3.63, 3.8) is 0 Å². The van der Waals surface area contributed by atoms with Gasteiger partial charge >= 0.3 is 5.97 Å². The monoisotopic (exact) mass is 282 g/mol. The van der Waals surface area contributed by atoms with Gasteiger partial charge in [0.25, 0.3) is 0 Å². The van der Waals surface area contributed by atoms with E-state index in [1.54, 1.807) is 12.1 Å². The van der Waals surface area contributed by atoms with Crippen LogP contribution in [0.3, 0.4) is 0 Å². The summed E-state index contributed by atoms with van der Waals surface area (Å²) in [5.74, 6) is 0.171. The molecule has 2 rings (SSSR count). The Hall–Kier alpha value is -1.42. The Morgan fingerprint density at radius 2 is 2.16 bits per heavy atom. The molecule has 2 unspecified atom stereocenters. The van der Waals surface area contributed by atoms with Crippen molar-refractivity contribution in [2.75, 3.05) is 24.3 Å². The van der Waals surface area contributed by atoms with E-state index in [2.05, 4.69) is 18.7 Å². The highest BCUT2D eigenvalue weighted by Crippen LogP contribution is 2.38. The molecule has 19 heavy (non-hydrogen) atoms. The van der Waals surface area contributed by atoms with Crippen molar-refractivity contribution in [1.29, 1.82) is 0 Å². The number of carbonyl (C=O) groups excluding carboxylic acids is 1. The lowest BCUT2D eigenvalue weighted by atomic mass is 10.1. The zero-order valence-corrected chi connectivity index (χ0v) is 12.2. The lowest BCUT2D eigenvalue weighted by Crippen LogP contribution is -2.29. The Labute approximate surface area is 118 Å². The molecule has 0 aliphatic carbocycles. The average Bonchev–Trinajstić information content (AvgIpc) is 2.66. The number of benzene rings is 1. The number of esters is 1. The Kier molecular flexibility index (Phi) is 3.90. The fourth-order valence-corrected chi connectivity index (χ4v) is 3.13. The summed E-state index contributed by atoms with van der Waals surface area (Å²) in [6.07, 6.45) is 1.08. The number of carbonyl (C=O) groups is 1. The minimum absolute atomic E-state index is 0.347. The first-order chi connectivity index (χ1) is 8.93. The molecular weight excluding hydrogens is 264 g/mol. The number of nitrogens with zero attached hydrogens (tertiary/aromatic N) is 1. The molecule has 4 nitrogen and oxygen atoms in total. The molecule has 1 aromatic carbocycles. The number of rotatable bonds is 2. The van der Waals surface area contributed by atoms with Gasteiger partial charge in [-0.3, -0.25) is 0 Å². The molecule has 1 fully saturated rings. The second kappa shape index (κ2) is 5.29. The molecule has 2 N–H and O–H groups in total. The number of hydrogen-bond donors (Lipinski definition) is 1. The van der Waals surface area contributed by atoms with Crippen molar-refractivity contribution in [2.45, 2.75) is 26.3 Å². The predicted molar refractivity (Wildman–Crippen MR) is 77.8 cm³/mol. The number of halogens is 1. The molecule has 1 heterocycles. The van der Waals surface area contributed by atoms with Gasteiger partial charge in [0, 0.05) is 18.3 Å². The van der Waals surface area contributed by atoms with Crippen LogP contribution in [0, 0.1) is 5.92 Å². The van der Waals surface area contributed by atoms with E-state index >= 15 is 0 Å². The van der Waals surface area contributed by atoms with Gasteiger partial charge in [-0.1, -0.05) is 18.5 Å². The van der Waals surface area contributed by atoms with Gasteiger partial charge in [0.15, 0.2) is 0 Å². The molecule has 104 valence electrons. The minimum atomic E-state index is -0.407. The van der Waals surface area contributed by atoms with E-state index in [1.807, 2.05) is 0 Å². The molecule has 0 spiro atoms. The molecule has 5 heteroatoms. The third kappa shape index (κ3) is 2.63. The predicted octanol–water partition coefficient (Wildman–Crippen LogP) is 2.94. The second-order valence-electron chi connectivity index (χ2n) is 5.23. The lowest BCUT2D eigenvalue weighted by Gasteiger charge is -2.27. The summed E-state index contributed by atoms with van der Waals surface area (Å²) in [5.41, 5.74) is 7.41. The van der Waals surface area contributed by atoms with Crippen molar-refractivity contribution < 1.29 is 9.53 Å². The van der Waals surface area contributed by atoms with E-state index in [0.717, 1.165) is 18.7 Å². The molecule has 1 saturated heterocycles. The van der Waals surface area contributed by atoms with Crippen LogP contribution in [0.2, 0.25) is 5.02 Å². The SMILES string of the molecule is COC(=O)c1cc(N)cc(Cl)c1N1CC(C)CC1C. The van der Waals surface area contributed by atoms with E-state index in [9.17, 15) is 4.79 Å². The molecule has 0 radical (unpaired) electrons. The molecule has 0 amide bonds. The Bertz CT molecular complexity index is 504.